The van der Waals surface area contributed by atoms with Crippen molar-refractivity contribution in [2.75, 3.05) is 0 Å². The van der Waals surface area contributed by atoms with E-state index in [9.17, 15) is 0 Å². The van der Waals surface area contributed by atoms with Gasteiger partial charge in [0.05, 0.1) is 6.54 Å². The summed E-state index contributed by atoms with van der Waals surface area (Å²) >= 11 is 0. The molecule has 1 aromatic rings. The fraction of sp³-hybridized carbons (Fsp3) is 0.636. The van der Waals surface area contributed by atoms with Gasteiger partial charge in [-0.1, -0.05) is 11.6 Å². The molecule has 0 atom stereocenters. The predicted molar refractivity (Wildman–Crippen MR) is 59.1 cm³/mol. The minimum absolute atomic E-state index is 0.471. The van der Waals surface area contributed by atoms with Crippen molar-refractivity contribution in [2.45, 2.75) is 45.2 Å². The van der Waals surface area contributed by atoms with Gasteiger partial charge in [0.25, 0.3) is 0 Å². The lowest BCUT2D eigenvalue weighted by atomic mass is 9.97. The van der Waals surface area contributed by atoms with Crippen molar-refractivity contribution < 1.29 is 0 Å². The fourth-order valence-corrected chi connectivity index (χ4v) is 2.02. The molecule has 1 aromatic heterocycles. The topological polar surface area (TPSA) is 56.7 Å². The zero-order valence-corrected chi connectivity index (χ0v) is 9.02. The van der Waals surface area contributed by atoms with Crippen molar-refractivity contribution in [3.63, 3.8) is 0 Å². The van der Waals surface area contributed by atoms with E-state index in [0.29, 0.717) is 6.54 Å². The molecule has 1 aliphatic carbocycles. The molecule has 0 fully saturated rings. The van der Waals surface area contributed by atoms with Gasteiger partial charge < -0.3 is 10.3 Å². The van der Waals surface area contributed by atoms with Gasteiger partial charge in [-0.3, -0.25) is 0 Å². The summed E-state index contributed by atoms with van der Waals surface area (Å²) in [4.78, 5) is 0. The third-order valence-electron chi connectivity index (χ3n) is 2.94. The summed E-state index contributed by atoms with van der Waals surface area (Å²) in [6.45, 7) is 1.43. The van der Waals surface area contributed by atoms with Crippen LogP contribution in [-0.2, 0) is 13.1 Å². The van der Waals surface area contributed by atoms with Crippen LogP contribution in [-0.4, -0.2) is 14.8 Å². The Labute approximate surface area is 90.2 Å². The molecule has 0 bridgehead atoms. The van der Waals surface area contributed by atoms with Crippen molar-refractivity contribution in [3.05, 3.63) is 23.8 Å². The average Bonchev–Trinajstić information content (AvgIpc) is 2.75. The Morgan fingerprint density at radius 2 is 2.33 bits per heavy atom. The number of aromatic nitrogens is 3. The SMILES string of the molecule is NCc1nncn1CCC1=CCCCC1. The van der Waals surface area contributed by atoms with Crippen molar-refractivity contribution in [3.8, 4) is 0 Å². The zero-order chi connectivity index (χ0) is 10.5. The average molecular weight is 206 g/mol. The molecular formula is C11H18N4. The Hall–Kier alpha value is -1.16. The minimum atomic E-state index is 0.471. The first-order valence-corrected chi connectivity index (χ1v) is 5.65. The summed E-state index contributed by atoms with van der Waals surface area (Å²) in [7, 11) is 0. The molecule has 0 aromatic carbocycles. The third kappa shape index (κ3) is 2.65. The standard InChI is InChI=1S/C11H18N4/c12-8-11-14-13-9-15(11)7-6-10-4-2-1-3-5-10/h4,9H,1-3,5-8,12H2. The van der Waals surface area contributed by atoms with Crippen LogP contribution < -0.4 is 5.73 Å². The molecule has 1 heterocycles. The highest BCUT2D eigenvalue weighted by Crippen LogP contribution is 2.20. The zero-order valence-electron chi connectivity index (χ0n) is 9.02. The van der Waals surface area contributed by atoms with E-state index in [4.69, 9.17) is 5.73 Å². The second-order valence-electron chi connectivity index (χ2n) is 4.00. The van der Waals surface area contributed by atoms with Gasteiger partial charge in [-0.2, -0.15) is 0 Å². The number of hydrogen-bond acceptors (Lipinski definition) is 3. The number of allylic oxidation sites excluding steroid dienone is 2. The van der Waals surface area contributed by atoms with Crippen LogP contribution in [0.4, 0.5) is 0 Å². The van der Waals surface area contributed by atoms with Gasteiger partial charge in [-0.15, -0.1) is 10.2 Å². The first kappa shape index (κ1) is 10.4. The van der Waals surface area contributed by atoms with Crippen molar-refractivity contribution in [1.29, 1.82) is 0 Å². The van der Waals surface area contributed by atoms with Gasteiger partial charge in [0.1, 0.15) is 12.2 Å². The fourth-order valence-electron chi connectivity index (χ4n) is 2.02. The molecule has 82 valence electrons. The lowest BCUT2D eigenvalue weighted by Crippen LogP contribution is -2.09. The van der Waals surface area contributed by atoms with E-state index in [1.54, 1.807) is 11.9 Å². The Morgan fingerprint density at radius 1 is 1.40 bits per heavy atom. The second kappa shape index (κ2) is 5.07. The van der Waals surface area contributed by atoms with Crippen molar-refractivity contribution in [1.82, 2.24) is 14.8 Å². The van der Waals surface area contributed by atoms with Gasteiger partial charge >= 0.3 is 0 Å². The number of hydrogen-bond donors (Lipinski definition) is 1. The number of nitrogens with zero attached hydrogens (tertiary/aromatic N) is 3. The van der Waals surface area contributed by atoms with Crippen LogP contribution in [0.2, 0.25) is 0 Å². The van der Waals surface area contributed by atoms with Gasteiger partial charge in [0.2, 0.25) is 0 Å². The van der Waals surface area contributed by atoms with Gasteiger partial charge in [-0.25, -0.2) is 0 Å². The van der Waals surface area contributed by atoms with E-state index in [1.165, 1.54) is 25.7 Å². The Balaban J connectivity index is 1.89. The van der Waals surface area contributed by atoms with E-state index < -0.39 is 0 Å². The van der Waals surface area contributed by atoms with Crippen molar-refractivity contribution in [2.24, 2.45) is 5.73 Å². The maximum atomic E-state index is 5.57. The van der Waals surface area contributed by atoms with Crippen LogP contribution in [0, 0.1) is 0 Å². The highest BCUT2D eigenvalue weighted by atomic mass is 15.3. The van der Waals surface area contributed by atoms with Crippen LogP contribution in [0.25, 0.3) is 0 Å². The third-order valence-corrected chi connectivity index (χ3v) is 2.94. The molecule has 0 aliphatic heterocycles. The minimum Gasteiger partial charge on any atom is -0.324 e. The van der Waals surface area contributed by atoms with E-state index in [2.05, 4.69) is 20.8 Å². The summed E-state index contributed by atoms with van der Waals surface area (Å²) in [5.74, 6) is 0.881. The number of nitrogens with two attached hydrogens (primary N) is 1. The molecule has 1 aliphatic rings. The Morgan fingerprint density at radius 3 is 3.07 bits per heavy atom. The molecule has 0 unspecified atom stereocenters. The molecule has 2 N–H and O–H groups in total. The lowest BCUT2D eigenvalue weighted by molar-refractivity contribution is 0.606. The first-order chi connectivity index (χ1) is 7.40. The lowest BCUT2D eigenvalue weighted by Gasteiger charge is -2.13. The summed E-state index contributed by atoms with van der Waals surface area (Å²) in [6, 6.07) is 0. The van der Waals surface area contributed by atoms with Crippen LogP contribution in [0.3, 0.4) is 0 Å². The maximum Gasteiger partial charge on any atom is 0.146 e. The summed E-state index contributed by atoms with van der Waals surface area (Å²) in [5.41, 5.74) is 7.15. The smallest absolute Gasteiger partial charge is 0.146 e. The highest BCUT2D eigenvalue weighted by Gasteiger charge is 2.05. The molecule has 2 rings (SSSR count). The van der Waals surface area contributed by atoms with Crippen LogP contribution in [0.5, 0.6) is 0 Å². The van der Waals surface area contributed by atoms with Crippen LogP contribution in [0.15, 0.2) is 18.0 Å². The monoisotopic (exact) mass is 206 g/mol. The summed E-state index contributed by atoms with van der Waals surface area (Å²) in [5, 5.41) is 7.84. The Bertz CT molecular complexity index is 340. The molecule has 0 saturated heterocycles. The van der Waals surface area contributed by atoms with Crippen LogP contribution >= 0.6 is 0 Å². The highest BCUT2D eigenvalue weighted by molar-refractivity contribution is 5.05. The normalized spacial score (nSPS) is 16.5. The number of rotatable bonds is 4. The number of aryl methyl sites for hydroxylation is 1. The van der Waals surface area contributed by atoms with Gasteiger partial charge in [-0.05, 0) is 32.1 Å². The molecule has 0 radical (unpaired) electrons. The summed E-state index contributed by atoms with van der Waals surface area (Å²) in [6.07, 6.45) is 10.5. The quantitative estimate of drug-likeness (QED) is 0.762. The molecule has 0 saturated carbocycles. The van der Waals surface area contributed by atoms with E-state index >= 15 is 0 Å². The van der Waals surface area contributed by atoms with Crippen molar-refractivity contribution >= 4 is 0 Å². The van der Waals surface area contributed by atoms with Gasteiger partial charge in [0, 0.05) is 6.54 Å². The maximum absolute atomic E-state index is 5.57. The van der Waals surface area contributed by atoms with E-state index in [-0.39, 0.29) is 0 Å². The van der Waals surface area contributed by atoms with E-state index in [1.807, 2.05) is 0 Å². The molecule has 4 nitrogen and oxygen atoms in total. The molecule has 15 heavy (non-hydrogen) atoms. The molecule has 4 heteroatoms. The van der Waals surface area contributed by atoms with E-state index in [0.717, 1.165) is 18.8 Å². The first-order valence-electron chi connectivity index (χ1n) is 5.65. The largest absolute Gasteiger partial charge is 0.324 e. The second-order valence-corrected chi connectivity index (χ2v) is 4.00. The Kier molecular flexibility index (Phi) is 3.50. The molecule has 0 spiro atoms. The molecule has 0 amide bonds. The van der Waals surface area contributed by atoms with Gasteiger partial charge in [0.15, 0.2) is 0 Å². The van der Waals surface area contributed by atoms with Crippen LogP contribution in [0.1, 0.15) is 37.9 Å². The predicted octanol–water partition coefficient (Wildman–Crippen LogP) is 1.63. The summed E-state index contributed by atoms with van der Waals surface area (Å²) < 4.78 is 2.05. The molecular weight excluding hydrogens is 188 g/mol.